The molecule has 1 aromatic carbocycles. The lowest BCUT2D eigenvalue weighted by Crippen LogP contribution is -2.21. The van der Waals surface area contributed by atoms with Gasteiger partial charge in [0, 0.05) is 11.4 Å². The molecule has 0 fully saturated rings. The molecule has 1 heterocycles. The summed E-state index contributed by atoms with van der Waals surface area (Å²) in [5, 5.41) is 9.04. The first-order valence-corrected chi connectivity index (χ1v) is 6.39. The Bertz CT molecular complexity index is 406. The average Bonchev–Trinajstić information content (AvgIpc) is 2.29. The van der Waals surface area contributed by atoms with E-state index in [1.54, 1.807) is 0 Å². The highest BCUT2D eigenvalue weighted by molar-refractivity contribution is 7.99. The highest BCUT2D eigenvalue weighted by Gasteiger charge is 2.20. The topological polar surface area (TPSA) is 63.3 Å². The van der Waals surface area contributed by atoms with Crippen molar-refractivity contribution in [2.24, 2.45) is 5.73 Å². The van der Waals surface area contributed by atoms with Gasteiger partial charge in [-0.05, 0) is 35.8 Å². The quantitative estimate of drug-likeness (QED) is 0.842. The molecule has 2 rings (SSSR count). The molecule has 86 valence electrons. The molecule has 0 radical (unpaired) electrons. The van der Waals surface area contributed by atoms with Gasteiger partial charge in [-0.3, -0.25) is 4.79 Å². The molecule has 1 unspecified atom stereocenters. The third-order valence-electron chi connectivity index (χ3n) is 2.88. The predicted molar refractivity (Wildman–Crippen MR) is 64.9 cm³/mol. The van der Waals surface area contributed by atoms with Crippen LogP contribution in [0.25, 0.3) is 0 Å². The minimum Gasteiger partial charge on any atom is -0.481 e. The van der Waals surface area contributed by atoms with Crippen molar-refractivity contribution >= 4 is 17.7 Å². The first kappa shape index (κ1) is 11.5. The summed E-state index contributed by atoms with van der Waals surface area (Å²) in [4.78, 5) is 12.2. The normalized spacial score (nSPS) is 16.6. The third kappa shape index (κ3) is 2.23. The van der Waals surface area contributed by atoms with Gasteiger partial charge < -0.3 is 10.8 Å². The maximum atomic E-state index is 11.0. The van der Waals surface area contributed by atoms with Crippen LogP contribution in [0.1, 0.15) is 23.5 Å². The van der Waals surface area contributed by atoms with Crippen molar-refractivity contribution in [1.82, 2.24) is 0 Å². The van der Waals surface area contributed by atoms with Crippen LogP contribution in [-0.2, 0) is 11.2 Å². The molecule has 0 spiro atoms. The Labute approximate surface area is 99.0 Å². The van der Waals surface area contributed by atoms with Crippen LogP contribution in [0.3, 0.4) is 0 Å². The Morgan fingerprint density at radius 3 is 3.06 bits per heavy atom. The molecular formula is C12H15NO2S. The van der Waals surface area contributed by atoms with Crippen LogP contribution in [-0.4, -0.2) is 23.4 Å². The van der Waals surface area contributed by atoms with E-state index in [0.717, 1.165) is 17.7 Å². The molecule has 16 heavy (non-hydrogen) atoms. The lowest BCUT2D eigenvalue weighted by atomic mass is 9.97. The van der Waals surface area contributed by atoms with E-state index in [2.05, 4.69) is 0 Å². The van der Waals surface area contributed by atoms with Crippen molar-refractivity contribution in [3.8, 4) is 0 Å². The smallest absolute Gasteiger partial charge is 0.312 e. The van der Waals surface area contributed by atoms with E-state index in [9.17, 15) is 4.79 Å². The maximum Gasteiger partial charge on any atom is 0.312 e. The molecular weight excluding hydrogens is 222 g/mol. The summed E-state index contributed by atoms with van der Waals surface area (Å²) < 4.78 is 0. The molecule has 1 atom stereocenters. The number of carbonyl (C=O) groups is 1. The maximum absolute atomic E-state index is 11.0. The number of carboxylic acids is 1. The lowest BCUT2D eigenvalue weighted by Gasteiger charge is -2.18. The molecule has 3 N–H and O–H groups in total. The van der Waals surface area contributed by atoms with Gasteiger partial charge in [-0.25, -0.2) is 0 Å². The SMILES string of the molecule is NCC(C(=O)O)c1ccc2c(c1)SCCC2. The zero-order valence-corrected chi connectivity index (χ0v) is 9.80. The zero-order chi connectivity index (χ0) is 11.5. The van der Waals surface area contributed by atoms with Crippen LogP contribution in [0.5, 0.6) is 0 Å². The van der Waals surface area contributed by atoms with Gasteiger partial charge in [0.1, 0.15) is 0 Å². The fraction of sp³-hybridized carbons (Fsp3) is 0.417. The zero-order valence-electron chi connectivity index (χ0n) is 8.98. The van der Waals surface area contributed by atoms with E-state index in [-0.39, 0.29) is 6.54 Å². The van der Waals surface area contributed by atoms with Gasteiger partial charge in [-0.2, -0.15) is 0 Å². The van der Waals surface area contributed by atoms with E-state index in [4.69, 9.17) is 10.8 Å². The molecule has 0 saturated heterocycles. The number of hydrogen-bond acceptors (Lipinski definition) is 3. The highest BCUT2D eigenvalue weighted by atomic mass is 32.2. The van der Waals surface area contributed by atoms with Crippen molar-refractivity contribution in [3.63, 3.8) is 0 Å². The summed E-state index contributed by atoms with van der Waals surface area (Å²) in [6.07, 6.45) is 2.30. The molecule has 3 nitrogen and oxygen atoms in total. The molecule has 0 aromatic heterocycles. The largest absolute Gasteiger partial charge is 0.481 e. The molecule has 4 heteroatoms. The van der Waals surface area contributed by atoms with Gasteiger partial charge in [-0.1, -0.05) is 12.1 Å². The summed E-state index contributed by atoms with van der Waals surface area (Å²) in [6.45, 7) is 0.152. The van der Waals surface area contributed by atoms with Crippen LogP contribution in [0, 0.1) is 0 Å². The molecule has 0 amide bonds. The summed E-state index contributed by atoms with van der Waals surface area (Å²) in [6, 6.07) is 5.93. The van der Waals surface area contributed by atoms with E-state index >= 15 is 0 Å². The number of nitrogens with two attached hydrogens (primary N) is 1. The van der Waals surface area contributed by atoms with Gasteiger partial charge in [0.25, 0.3) is 0 Å². The minimum atomic E-state index is -0.844. The number of hydrogen-bond donors (Lipinski definition) is 2. The van der Waals surface area contributed by atoms with Gasteiger partial charge in [0.05, 0.1) is 5.92 Å². The van der Waals surface area contributed by atoms with E-state index in [1.807, 2.05) is 30.0 Å². The fourth-order valence-corrected chi connectivity index (χ4v) is 3.04. The summed E-state index contributed by atoms with van der Waals surface area (Å²) in [5.41, 5.74) is 7.65. The Morgan fingerprint density at radius 2 is 2.38 bits per heavy atom. The second kappa shape index (κ2) is 4.89. The van der Waals surface area contributed by atoms with Gasteiger partial charge >= 0.3 is 5.97 Å². The molecule has 1 aromatic rings. The summed E-state index contributed by atoms with van der Waals surface area (Å²) >= 11 is 1.81. The third-order valence-corrected chi connectivity index (χ3v) is 4.06. The van der Waals surface area contributed by atoms with Crippen molar-refractivity contribution in [1.29, 1.82) is 0 Å². The van der Waals surface area contributed by atoms with E-state index in [1.165, 1.54) is 16.9 Å². The van der Waals surface area contributed by atoms with Crippen LogP contribution in [0.4, 0.5) is 0 Å². The molecule has 1 aliphatic heterocycles. The molecule has 1 aliphatic rings. The number of aliphatic carboxylic acids is 1. The van der Waals surface area contributed by atoms with Crippen molar-refractivity contribution in [3.05, 3.63) is 29.3 Å². The minimum absolute atomic E-state index is 0.152. The average molecular weight is 237 g/mol. The first-order valence-electron chi connectivity index (χ1n) is 5.41. The van der Waals surface area contributed by atoms with E-state index < -0.39 is 11.9 Å². The Morgan fingerprint density at radius 1 is 1.56 bits per heavy atom. The van der Waals surface area contributed by atoms with Gasteiger partial charge in [0.2, 0.25) is 0 Å². The number of fused-ring (bicyclic) bond motifs is 1. The number of benzene rings is 1. The second-order valence-corrected chi connectivity index (χ2v) is 5.08. The number of carboxylic acid groups (broad SMARTS) is 1. The lowest BCUT2D eigenvalue weighted by molar-refractivity contribution is -0.138. The van der Waals surface area contributed by atoms with Crippen LogP contribution in [0.2, 0.25) is 0 Å². The van der Waals surface area contributed by atoms with E-state index in [0.29, 0.717) is 0 Å². The first-order chi connectivity index (χ1) is 7.72. The number of aryl methyl sites for hydroxylation is 1. The Kier molecular flexibility index (Phi) is 3.51. The second-order valence-electron chi connectivity index (χ2n) is 3.95. The predicted octanol–water partition coefficient (Wildman–Crippen LogP) is 1.85. The summed E-state index contributed by atoms with van der Waals surface area (Å²) in [7, 11) is 0. The fourth-order valence-electron chi connectivity index (χ4n) is 1.95. The van der Waals surface area contributed by atoms with Gasteiger partial charge in [0.15, 0.2) is 0 Å². The Hall–Kier alpha value is -1.00. The molecule has 0 aliphatic carbocycles. The van der Waals surface area contributed by atoms with Crippen molar-refractivity contribution in [2.45, 2.75) is 23.7 Å². The number of thioether (sulfide) groups is 1. The monoisotopic (exact) mass is 237 g/mol. The molecule has 0 bridgehead atoms. The van der Waals surface area contributed by atoms with Crippen molar-refractivity contribution < 1.29 is 9.90 Å². The van der Waals surface area contributed by atoms with Crippen molar-refractivity contribution in [2.75, 3.05) is 12.3 Å². The van der Waals surface area contributed by atoms with Crippen LogP contribution in [0.15, 0.2) is 23.1 Å². The molecule has 0 saturated carbocycles. The summed E-state index contributed by atoms with van der Waals surface area (Å²) in [5.74, 6) is -0.298. The van der Waals surface area contributed by atoms with Crippen LogP contribution >= 0.6 is 11.8 Å². The number of rotatable bonds is 3. The van der Waals surface area contributed by atoms with Gasteiger partial charge in [-0.15, -0.1) is 11.8 Å². The van der Waals surface area contributed by atoms with Crippen LogP contribution < -0.4 is 5.73 Å². The highest BCUT2D eigenvalue weighted by Crippen LogP contribution is 2.32. The standard InChI is InChI=1S/C12H15NO2S/c13-7-10(12(14)15)9-4-3-8-2-1-5-16-11(8)6-9/h3-4,6,10H,1-2,5,7,13H2,(H,14,15). The Balaban J connectivity index is 2.32.